The number of nitrogens with one attached hydrogen (secondary N) is 2. The highest BCUT2D eigenvalue weighted by atomic mass is 19.1. The highest BCUT2D eigenvalue weighted by Crippen LogP contribution is 2.19. The van der Waals surface area contributed by atoms with Crippen LogP contribution in [0.5, 0.6) is 0 Å². The first-order valence-electron chi connectivity index (χ1n) is 4.76. The van der Waals surface area contributed by atoms with Gasteiger partial charge in [-0.3, -0.25) is 4.79 Å². The number of anilines is 1. The molecular weight excluding hydrogens is 253 g/mol. The van der Waals surface area contributed by atoms with Crippen LogP contribution in [0, 0.1) is 17.5 Å². The predicted molar refractivity (Wildman–Crippen MR) is 55.6 cm³/mol. The number of hydrogen-bond acceptors (Lipinski definition) is 2. The Hall–Kier alpha value is -2.25. The zero-order valence-corrected chi connectivity index (χ0v) is 9.13. The largest absolute Gasteiger partial charge is 0.480 e. The number of carboxylic acids is 1. The van der Waals surface area contributed by atoms with Gasteiger partial charge < -0.3 is 15.7 Å². The number of carbonyl (C=O) groups excluding carboxylic acids is 1. The summed E-state index contributed by atoms with van der Waals surface area (Å²) in [5, 5.41) is 12.2. The Morgan fingerprint density at radius 1 is 1.22 bits per heavy atom. The van der Waals surface area contributed by atoms with Crippen molar-refractivity contribution in [1.82, 2.24) is 5.32 Å². The molecule has 1 unspecified atom stereocenters. The van der Waals surface area contributed by atoms with E-state index >= 15 is 0 Å². The SMILES string of the molecule is CC(NC(=O)Nc1c(F)cc(F)cc1F)C(=O)O. The summed E-state index contributed by atoms with van der Waals surface area (Å²) < 4.78 is 38.8. The molecule has 2 amide bonds. The second kappa shape index (κ2) is 5.39. The molecule has 0 aliphatic rings. The molecule has 18 heavy (non-hydrogen) atoms. The number of aliphatic carboxylic acids is 1. The van der Waals surface area contributed by atoms with E-state index in [0.29, 0.717) is 12.1 Å². The first-order chi connectivity index (χ1) is 8.31. The van der Waals surface area contributed by atoms with Gasteiger partial charge in [-0.1, -0.05) is 0 Å². The van der Waals surface area contributed by atoms with Crippen LogP contribution < -0.4 is 10.6 Å². The van der Waals surface area contributed by atoms with Gasteiger partial charge in [-0.15, -0.1) is 0 Å². The summed E-state index contributed by atoms with van der Waals surface area (Å²) in [4.78, 5) is 21.6. The van der Waals surface area contributed by atoms with Gasteiger partial charge in [-0.05, 0) is 6.92 Å². The van der Waals surface area contributed by atoms with Gasteiger partial charge in [0.2, 0.25) is 0 Å². The fourth-order valence-electron chi connectivity index (χ4n) is 1.07. The number of rotatable bonds is 3. The fraction of sp³-hybridized carbons (Fsp3) is 0.200. The van der Waals surface area contributed by atoms with E-state index in [-0.39, 0.29) is 0 Å². The van der Waals surface area contributed by atoms with Crippen LogP contribution in [0.4, 0.5) is 23.7 Å². The molecule has 3 N–H and O–H groups in total. The molecule has 0 bridgehead atoms. The normalized spacial score (nSPS) is 11.8. The third-order valence-corrected chi connectivity index (χ3v) is 1.96. The second-order valence-electron chi connectivity index (χ2n) is 3.40. The summed E-state index contributed by atoms with van der Waals surface area (Å²) >= 11 is 0. The molecule has 0 radical (unpaired) electrons. The molecule has 8 heteroatoms. The van der Waals surface area contributed by atoms with Gasteiger partial charge in [-0.2, -0.15) is 0 Å². The van der Waals surface area contributed by atoms with Crippen LogP contribution in [0.25, 0.3) is 0 Å². The molecule has 1 aromatic rings. The van der Waals surface area contributed by atoms with E-state index in [2.05, 4.69) is 0 Å². The minimum absolute atomic E-state index is 0.388. The minimum Gasteiger partial charge on any atom is -0.480 e. The van der Waals surface area contributed by atoms with Gasteiger partial charge >= 0.3 is 12.0 Å². The quantitative estimate of drug-likeness (QED) is 0.775. The second-order valence-corrected chi connectivity index (χ2v) is 3.40. The monoisotopic (exact) mass is 262 g/mol. The van der Waals surface area contributed by atoms with Crippen molar-refractivity contribution in [2.45, 2.75) is 13.0 Å². The number of amides is 2. The lowest BCUT2D eigenvalue weighted by Gasteiger charge is -2.11. The maximum Gasteiger partial charge on any atom is 0.325 e. The van der Waals surface area contributed by atoms with Crippen LogP contribution in [0.2, 0.25) is 0 Å². The van der Waals surface area contributed by atoms with E-state index in [1.807, 2.05) is 5.32 Å². The molecule has 0 aromatic heterocycles. The molecule has 0 saturated heterocycles. The molecule has 1 atom stereocenters. The summed E-state index contributed by atoms with van der Waals surface area (Å²) in [6.45, 7) is 1.17. The Balaban J connectivity index is 2.80. The molecule has 0 heterocycles. The molecule has 0 saturated carbocycles. The lowest BCUT2D eigenvalue weighted by atomic mass is 10.3. The van der Waals surface area contributed by atoms with E-state index in [0.717, 1.165) is 0 Å². The van der Waals surface area contributed by atoms with E-state index in [9.17, 15) is 22.8 Å². The molecular formula is C10H9F3N2O3. The van der Waals surface area contributed by atoms with Crippen molar-refractivity contribution < 1.29 is 27.9 Å². The Morgan fingerprint density at radius 3 is 2.17 bits per heavy atom. The van der Waals surface area contributed by atoms with Crippen molar-refractivity contribution >= 4 is 17.7 Å². The Morgan fingerprint density at radius 2 is 1.72 bits per heavy atom. The third kappa shape index (κ3) is 3.37. The van der Waals surface area contributed by atoms with E-state index in [1.54, 1.807) is 5.32 Å². The van der Waals surface area contributed by atoms with Crippen molar-refractivity contribution in [3.8, 4) is 0 Å². The smallest absolute Gasteiger partial charge is 0.325 e. The van der Waals surface area contributed by atoms with Gasteiger partial charge in [0.1, 0.15) is 17.5 Å². The van der Waals surface area contributed by atoms with Crippen LogP contribution in [0.15, 0.2) is 12.1 Å². The molecule has 0 spiro atoms. The zero-order valence-electron chi connectivity index (χ0n) is 9.13. The zero-order chi connectivity index (χ0) is 13.9. The highest BCUT2D eigenvalue weighted by molar-refractivity contribution is 5.92. The van der Waals surface area contributed by atoms with Crippen LogP contribution in [-0.2, 0) is 4.79 Å². The topological polar surface area (TPSA) is 78.4 Å². The molecule has 0 aliphatic carbocycles. The van der Waals surface area contributed by atoms with Crippen molar-refractivity contribution in [2.75, 3.05) is 5.32 Å². The average Bonchev–Trinajstić information content (AvgIpc) is 2.23. The van der Waals surface area contributed by atoms with Gasteiger partial charge in [0.25, 0.3) is 0 Å². The van der Waals surface area contributed by atoms with Crippen LogP contribution in [-0.4, -0.2) is 23.1 Å². The maximum atomic E-state index is 13.1. The molecule has 5 nitrogen and oxygen atoms in total. The van der Waals surface area contributed by atoms with E-state index < -0.39 is 41.2 Å². The molecule has 1 aromatic carbocycles. The number of carbonyl (C=O) groups is 2. The lowest BCUT2D eigenvalue weighted by Crippen LogP contribution is -2.41. The summed E-state index contributed by atoms with van der Waals surface area (Å²) in [6, 6.07) is -1.58. The minimum atomic E-state index is -1.31. The number of benzene rings is 1. The summed E-state index contributed by atoms with van der Waals surface area (Å²) in [5.41, 5.74) is -0.855. The van der Waals surface area contributed by atoms with Gasteiger partial charge in [-0.25, -0.2) is 18.0 Å². The van der Waals surface area contributed by atoms with Crippen LogP contribution >= 0.6 is 0 Å². The molecule has 98 valence electrons. The molecule has 1 rings (SSSR count). The van der Waals surface area contributed by atoms with Gasteiger partial charge in [0, 0.05) is 12.1 Å². The fourth-order valence-corrected chi connectivity index (χ4v) is 1.07. The number of hydrogen-bond donors (Lipinski definition) is 3. The highest BCUT2D eigenvalue weighted by Gasteiger charge is 2.17. The summed E-state index contributed by atoms with van der Waals surface area (Å²) in [6.07, 6.45) is 0. The first kappa shape index (κ1) is 13.8. The third-order valence-electron chi connectivity index (χ3n) is 1.96. The van der Waals surface area contributed by atoms with Crippen LogP contribution in [0.3, 0.4) is 0 Å². The number of carboxylic acid groups (broad SMARTS) is 1. The average molecular weight is 262 g/mol. The predicted octanol–water partition coefficient (Wildman–Crippen LogP) is 1.70. The first-order valence-corrected chi connectivity index (χ1v) is 4.76. The lowest BCUT2D eigenvalue weighted by molar-refractivity contribution is -0.138. The van der Waals surface area contributed by atoms with Crippen molar-refractivity contribution in [1.29, 1.82) is 0 Å². The Bertz CT molecular complexity index is 470. The summed E-state index contributed by atoms with van der Waals surface area (Å²) in [7, 11) is 0. The van der Waals surface area contributed by atoms with Crippen molar-refractivity contribution in [2.24, 2.45) is 0 Å². The van der Waals surface area contributed by atoms with Gasteiger partial charge in [0.15, 0.2) is 11.6 Å². The standard InChI is InChI=1S/C10H9F3N2O3/c1-4(9(16)17)14-10(18)15-8-6(12)2-5(11)3-7(8)13/h2-4H,1H3,(H,16,17)(H2,14,15,18). The number of urea groups is 1. The Kier molecular flexibility index (Phi) is 4.13. The van der Waals surface area contributed by atoms with E-state index in [1.165, 1.54) is 6.92 Å². The Labute approximate surface area is 99.6 Å². The van der Waals surface area contributed by atoms with Crippen molar-refractivity contribution in [3.05, 3.63) is 29.6 Å². The van der Waals surface area contributed by atoms with E-state index in [4.69, 9.17) is 5.11 Å². The summed E-state index contributed by atoms with van der Waals surface area (Å²) in [5.74, 6) is -5.05. The van der Waals surface area contributed by atoms with Crippen molar-refractivity contribution in [3.63, 3.8) is 0 Å². The van der Waals surface area contributed by atoms with Crippen LogP contribution in [0.1, 0.15) is 6.92 Å². The van der Waals surface area contributed by atoms with Gasteiger partial charge in [0.05, 0.1) is 0 Å². The molecule has 0 aliphatic heterocycles. The number of halogens is 3. The maximum absolute atomic E-state index is 13.1. The molecule has 0 fully saturated rings.